The topological polar surface area (TPSA) is 541 Å². The van der Waals surface area contributed by atoms with Crippen LogP contribution in [0.1, 0.15) is 120 Å². The predicted molar refractivity (Wildman–Crippen MR) is 337 cm³/mol. The van der Waals surface area contributed by atoms with Gasteiger partial charge in [0, 0.05) is 19.3 Å². The van der Waals surface area contributed by atoms with Gasteiger partial charge in [-0.1, -0.05) is 39.3 Å². The molecule has 0 spiro atoms. The smallest absolute Gasteiger partial charge is 0.315 e. The predicted octanol–water partition coefficient (Wildman–Crippen LogP) is -4.90. The van der Waals surface area contributed by atoms with Crippen LogP contribution in [0.15, 0.2) is 11.6 Å². The molecule has 0 aromatic heterocycles. The number of allylic oxidation sites excluding steroid dienone is 1. The number of fused-ring (bicyclic) bond motifs is 7. The molecule has 0 amide bonds. The summed E-state index contributed by atoms with van der Waals surface area (Å²) in [5.74, 6) is -5.95. The van der Waals surface area contributed by atoms with Gasteiger partial charge in [0.1, 0.15) is 103 Å². The van der Waals surface area contributed by atoms with Gasteiger partial charge in [-0.05, 0) is 113 Å². The van der Waals surface area contributed by atoms with Crippen molar-refractivity contribution in [1.29, 1.82) is 0 Å². The van der Waals surface area contributed by atoms with Gasteiger partial charge in [-0.25, -0.2) is 0 Å². The van der Waals surface area contributed by atoms with Gasteiger partial charge in [-0.15, -0.1) is 0 Å². The van der Waals surface area contributed by atoms with Crippen LogP contribution in [0.3, 0.4) is 0 Å². The number of ether oxygens (including phenoxy) is 14. The lowest BCUT2D eigenvalue weighted by Crippen LogP contribution is -2.71. The molecule has 37 unspecified atom stereocenters. The van der Waals surface area contributed by atoms with Crippen molar-refractivity contribution in [2.75, 3.05) is 39.6 Å². The number of aliphatic carboxylic acids is 1. The van der Waals surface area contributed by atoms with Crippen LogP contribution >= 0.6 is 0 Å². The van der Waals surface area contributed by atoms with Crippen LogP contribution in [0, 0.1) is 50.2 Å². The first-order valence-corrected chi connectivity index (χ1v) is 35.5. The molecule has 0 bridgehead atoms. The molecule has 11 aliphatic rings. The first kappa shape index (κ1) is 80.6. The third-order valence-electron chi connectivity index (χ3n) is 25.5. The zero-order valence-electron chi connectivity index (χ0n) is 59.0. The fraction of sp³-hybridized carbons (Fsp3) is 0.912. The van der Waals surface area contributed by atoms with Gasteiger partial charge in [0.05, 0.1) is 68.8 Å². The molecular formula is C68H106O35. The molecule has 37 atom stereocenters. The number of esters is 3. The van der Waals surface area contributed by atoms with E-state index in [1.54, 1.807) is 0 Å². The number of carbonyl (C=O) groups is 4. The Kier molecular flexibility index (Phi) is 23.5. The lowest BCUT2D eigenvalue weighted by atomic mass is 9.33. The second-order valence-electron chi connectivity index (χ2n) is 32.1. The van der Waals surface area contributed by atoms with Crippen LogP contribution in [0.5, 0.6) is 0 Å². The van der Waals surface area contributed by atoms with Crippen molar-refractivity contribution in [1.82, 2.24) is 0 Å². The SMILES string of the molecule is CC(=O)OC1C(C)OC(OC(=O)C23CCC(C)(C)CC2C2=CCC4C5(C)CC(O)C(OC6OC(CO)C(O)C(O)C6OC6OC(CO)C(O)C(O)C6O)C(C)(C(=O)O)C5CCC4(C)C2(CO)CC3)C(OC2OC(C)C(OC3OCC(O)C(O)C3O)C(OC3OCC(O)(CO)C3O)C2O)C1OC(C)=O. The van der Waals surface area contributed by atoms with Crippen LogP contribution in [0.4, 0.5) is 0 Å². The Morgan fingerprint density at radius 3 is 1.72 bits per heavy atom. The van der Waals surface area contributed by atoms with Gasteiger partial charge in [0.2, 0.25) is 6.29 Å². The van der Waals surface area contributed by atoms with Crippen LogP contribution in [0.25, 0.3) is 0 Å². The van der Waals surface area contributed by atoms with E-state index < -0.39 is 291 Å². The second kappa shape index (κ2) is 30.1. The Bertz CT molecular complexity index is 3050. The third kappa shape index (κ3) is 13.8. The number of aliphatic hydroxyl groups is 16. The fourth-order valence-electron chi connectivity index (χ4n) is 19.7. The minimum absolute atomic E-state index is 0.0942. The van der Waals surface area contributed by atoms with E-state index in [9.17, 15) is 101 Å². The number of hydrogen-bond acceptors (Lipinski definition) is 34. The van der Waals surface area contributed by atoms with Gasteiger partial charge in [-0.2, -0.15) is 0 Å². The van der Waals surface area contributed by atoms with E-state index in [1.165, 1.54) is 20.8 Å². The number of aliphatic hydroxyl groups excluding tert-OH is 15. The lowest BCUT2D eigenvalue weighted by molar-refractivity contribution is -0.384. The fourth-order valence-corrected chi connectivity index (χ4v) is 19.7. The average Bonchev–Trinajstić information content (AvgIpc) is 0.816. The zero-order chi connectivity index (χ0) is 75.5. The van der Waals surface area contributed by atoms with Gasteiger partial charge < -0.3 is 153 Å². The summed E-state index contributed by atoms with van der Waals surface area (Å²) in [5, 5.41) is 188. The number of rotatable bonds is 19. The maximum Gasteiger partial charge on any atom is 0.315 e. The molecule has 4 saturated carbocycles. The summed E-state index contributed by atoms with van der Waals surface area (Å²) in [6, 6.07) is 0. The van der Waals surface area contributed by atoms with E-state index in [1.807, 2.05) is 19.9 Å². The summed E-state index contributed by atoms with van der Waals surface area (Å²) in [4.78, 5) is 56.5. The highest BCUT2D eigenvalue weighted by atomic mass is 16.8. The van der Waals surface area contributed by atoms with Crippen LogP contribution in [0.2, 0.25) is 0 Å². The number of carboxylic acids is 1. The van der Waals surface area contributed by atoms with Crippen molar-refractivity contribution in [2.24, 2.45) is 50.2 Å². The number of carbonyl (C=O) groups excluding carboxylic acids is 3. The maximum absolute atomic E-state index is 16.1. The normalized spacial score (nSPS) is 51.9. The molecule has 11 rings (SSSR count). The Balaban J connectivity index is 0.899. The van der Waals surface area contributed by atoms with Gasteiger partial charge >= 0.3 is 23.9 Å². The summed E-state index contributed by atoms with van der Waals surface area (Å²) in [7, 11) is 0. The molecule has 6 heterocycles. The molecule has 6 aliphatic heterocycles. The van der Waals surface area contributed by atoms with Crippen LogP contribution < -0.4 is 0 Å². The van der Waals surface area contributed by atoms with Crippen LogP contribution in [-0.2, 0) is 85.5 Å². The van der Waals surface area contributed by atoms with E-state index in [4.69, 9.17) is 66.3 Å². The Morgan fingerprint density at radius 2 is 1.10 bits per heavy atom. The molecule has 5 aliphatic carbocycles. The molecular weight excluding hydrogens is 1380 g/mol. The molecule has 0 radical (unpaired) electrons. The van der Waals surface area contributed by atoms with Gasteiger partial charge in [0.25, 0.3) is 0 Å². The maximum atomic E-state index is 16.1. The van der Waals surface area contributed by atoms with Crippen LogP contribution in [-0.4, -0.2) is 328 Å². The number of hydrogen-bond donors (Lipinski definition) is 17. The zero-order valence-corrected chi connectivity index (χ0v) is 59.0. The standard InChI is InChI=1S/C68H106O35/c1-26-46(98-54-43(82)38(77)33(76)22-90-54)48(99-59-52(85)68(89,24-72)25-91-59)45(84)56(92-26)101-51-50(95-29(4)74)47(94-28(3)73)27(2)93-58(51)103-61(88)66-15-14-62(5,6)18-31(66)30-10-11-36-63(7)19-32(75)53(65(9,60(86)87)37(63)12-13-64(36,8)67(30,23-71)17-16-66)102-57-49(42(81)40(79)35(21-70)97-57)100-55-44(83)41(80)39(78)34(20-69)96-55/h10,26-27,31-59,69-72,75-85,89H,11-25H2,1-9H3,(H,86,87). The second-order valence-corrected chi connectivity index (χ2v) is 32.1. The number of carboxylic acid groups (broad SMARTS) is 1. The van der Waals surface area contributed by atoms with Crippen molar-refractivity contribution >= 4 is 23.9 Å². The van der Waals surface area contributed by atoms with Crippen molar-refractivity contribution in [3.63, 3.8) is 0 Å². The summed E-state index contributed by atoms with van der Waals surface area (Å²) in [6.45, 7) is 10.2. The average molecular weight is 1480 g/mol. The van der Waals surface area contributed by atoms with Crippen molar-refractivity contribution < 1.29 is 172 Å². The monoisotopic (exact) mass is 1480 g/mol. The highest BCUT2D eigenvalue weighted by molar-refractivity contribution is 5.79. The van der Waals surface area contributed by atoms with E-state index in [-0.39, 0.29) is 38.5 Å². The lowest BCUT2D eigenvalue weighted by Gasteiger charge is -2.71. The largest absolute Gasteiger partial charge is 0.481 e. The molecule has 17 N–H and O–H groups in total. The van der Waals surface area contributed by atoms with Crippen molar-refractivity contribution in [3.05, 3.63) is 11.6 Å². The first-order valence-electron chi connectivity index (χ1n) is 35.5. The summed E-state index contributed by atoms with van der Waals surface area (Å²) < 4.78 is 84.9. The Morgan fingerprint density at radius 1 is 0.524 bits per heavy atom. The molecule has 0 aromatic rings. The van der Waals surface area contributed by atoms with Crippen molar-refractivity contribution in [3.8, 4) is 0 Å². The van der Waals surface area contributed by atoms with E-state index >= 15 is 4.79 Å². The minimum Gasteiger partial charge on any atom is -0.481 e. The summed E-state index contributed by atoms with van der Waals surface area (Å²) in [5.41, 5.74) is -8.40. The molecule has 103 heavy (non-hydrogen) atoms. The molecule has 35 nitrogen and oxygen atoms in total. The molecule has 588 valence electrons. The summed E-state index contributed by atoms with van der Waals surface area (Å²) >= 11 is 0. The quantitative estimate of drug-likeness (QED) is 0.0249. The third-order valence-corrected chi connectivity index (χ3v) is 25.5. The first-order chi connectivity index (χ1) is 48.3. The molecule has 10 fully saturated rings. The van der Waals surface area contributed by atoms with E-state index in [0.29, 0.717) is 19.3 Å². The molecule has 0 aromatic carbocycles. The molecule has 6 saturated heterocycles. The highest BCUT2D eigenvalue weighted by Crippen LogP contribution is 2.76. The van der Waals surface area contributed by atoms with E-state index in [0.717, 1.165) is 19.4 Å². The Hall–Kier alpha value is -3.46. The Labute approximate surface area is 593 Å². The molecule has 35 heteroatoms. The minimum atomic E-state index is -2.25. The van der Waals surface area contributed by atoms with Gasteiger partial charge in [-0.3, -0.25) is 19.2 Å². The van der Waals surface area contributed by atoms with Gasteiger partial charge in [0.15, 0.2) is 49.8 Å². The summed E-state index contributed by atoms with van der Waals surface area (Å²) in [6.07, 6.45) is -45.3. The van der Waals surface area contributed by atoms with E-state index in [2.05, 4.69) is 13.8 Å². The van der Waals surface area contributed by atoms with Crippen molar-refractivity contribution in [2.45, 2.75) is 298 Å². The highest BCUT2D eigenvalue weighted by Gasteiger charge is 2.74.